The first kappa shape index (κ1) is 20.1. The molecular weight excluding hydrogens is 347 g/mol. The minimum absolute atomic E-state index is 0.0617. The van der Waals surface area contributed by atoms with E-state index in [0.29, 0.717) is 37.9 Å². The first-order chi connectivity index (χ1) is 12.2. The zero-order valence-electron chi connectivity index (χ0n) is 15.0. The summed E-state index contributed by atoms with van der Waals surface area (Å²) in [5.41, 5.74) is -0.147. The number of nitrogens with one attached hydrogen (secondary N) is 1. The molecule has 1 saturated heterocycles. The third-order valence-corrected chi connectivity index (χ3v) is 4.49. The van der Waals surface area contributed by atoms with Crippen molar-refractivity contribution in [3.8, 4) is 0 Å². The maximum Gasteiger partial charge on any atom is 0.416 e. The average Bonchev–Trinajstić information content (AvgIpc) is 2.60. The zero-order chi connectivity index (χ0) is 19.3. The van der Waals surface area contributed by atoms with Gasteiger partial charge in [0.1, 0.15) is 0 Å². The molecule has 1 aliphatic rings. The van der Waals surface area contributed by atoms with Gasteiger partial charge in [0.05, 0.1) is 5.56 Å². The van der Waals surface area contributed by atoms with Gasteiger partial charge in [-0.05, 0) is 30.9 Å². The van der Waals surface area contributed by atoms with Gasteiger partial charge in [0.2, 0.25) is 5.91 Å². The summed E-state index contributed by atoms with van der Waals surface area (Å²) >= 11 is 0. The first-order valence-electron chi connectivity index (χ1n) is 8.58. The Morgan fingerprint density at radius 3 is 2.46 bits per heavy atom. The van der Waals surface area contributed by atoms with Crippen LogP contribution in [0.25, 0.3) is 0 Å². The van der Waals surface area contributed by atoms with Gasteiger partial charge in [-0.25, -0.2) is 4.79 Å². The Kier molecular flexibility index (Phi) is 6.50. The summed E-state index contributed by atoms with van der Waals surface area (Å²) in [5, 5.41) is 2.79. The molecule has 1 fully saturated rings. The number of likely N-dealkylation sites (tertiary alicyclic amines) is 1. The molecule has 0 aliphatic carbocycles. The minimum Gasteiger partial charge on any atom is -0.356 e. The summed E-state index contributed by atoms with van der Waals surface area (Å²) in [7, 11) is 3.38. The predicted molar refractivity (Wildman–Crippen MR) is 91.5 cm³/mol. The number of carbonyl (C=O) groups is 2. The summed E-state index contributed by atoms with van der Waals surface area (Å²) in [4.78, 5) is 27.3. The molecular formula is C18H24F3N3O2. The predicted octanol–water partition coefficient (Wildman–Crippen LogP) is 2.76. The number of halogens is 3. The molecule has 0 spiro atoms. The molecule has 1 aromatic rings. The van der Waals surface area contributed by atoms with E-state index in [1.165, 1.54) is 11.0 Å². The van der Waals surface area contributed by atoms with E-state index < -0.39 is 11.7 Å². The Hall–Kier alpha value is -2.25. The molecule has 144 valence electrons. The van der Waals surface area contributed by atoms with Crippen LogP contribution in [-0.2, 0) is 17.4 Å². The third kappa shape index (κ3) is 5.37. The fraction of sp³-hybridized carbons (Fsp3) is 0.556. The second kappa shape index (κ2) is 8.42. The fourth-order valence-corrected chi connectivity index (χ4v) is 2.99. The Bertz CT molecular complexity index is 639. The number of piperidine rings is 1. The Morgan fingerprint density at radius 1 is 1.23 bits per heavy atom. The maximum absolute atomic E-state index is 12.7. The van der Waals surface area contributed by atoms with Crippen LogP contribution in [0.4, 0.5) is 18.0 Å². The van der Waals surface area contributed by atoms with E-state index in [9.17, 15) is 22.8 Å². The van der Waals surface area contributed by atoms with E-state index in [-0.39, 0.29) is 24.4 Å². The van der Waals surface area contributed by atoms with Crippen LogP contribution in [0, 0.1) is 5.92 Å². The molecule has 1 aliphatic heterocycles. The van der Waals surface area contributed by atoms with Crippen molar-refractivity contribution in [2.45, 2.75) is 25.4 Å². The van der Waals surface area contributed by atoms with Gasteiger partial charge >= 0.3 is 12.2 Å². The van der Waals surface area contributed by atoms with Gasteiger partial charge in [0.25, 0.3) is 0 Å². The molecule has 2 rings (SSSR count). The number of nitrogens with zero attached hydrogens (tertiary/aromatic N) is 2. The number of rotatable bonds is 4. The van der Waals surface area contributed by atoms with Crippen molar-refractivity contribution in [3.05, 3.63) is 35.4 Å². The highest BCUT2D eigenvalue weighted by molar-refractivity contribution is 5.79. The highest BCUT2D eigenvalue weighted by Gasteiger charge is 2.30. The smallest absolute Gasteiger partial charge is 0.356 e. The van der Waals surface area contributed by atoms with E-state index in [1.54, 1.807) is 25.1 Å². The van der Waals surface area contributed by atoms with Crippen LogP contribution >= 0.6 is 0 Å². The van der Waals surface area contributed by atoms with Gasteiger partial charge in [-0.2, -0.15) is 13.2 Å². The van der Waals surface area contributed by atoms with E-state index in [4.69, 9.17) is 0 Å². The topological polar surface area (TPSA) is 52.7 Å². The van der Waals surface area contributed by atoms with Gasteiger partial charge in [-0.1, -0.05) is 18.2 Å². The molecule has 5 nitrogen and oxygen atoms in total. The number of amides is 3. The summed E-state index contributed by atoms with van der Waals surface area (Å²) in [6.45, 7) is 1.35. The second-order valence-corrected chi connectivity index (χ2v) is 6.68. The first-order valence-corrected chi connectivity index (χ1v) is 8.58. The molecule has 3 amide bonds. The number of urea groups is 1. The van der Waals surface area contributed by atoms with E-state index in [2.05, 4.69) is 5.32 Å². The molecule has 1 heterocycles. The summed E-state index contributed by atoms with van der Waals surface area (Å²) in [5.74, 6) is -0.267. The molecule has 26 heavy (non-hydrogen) atoms. The number of hydrogen-bond donors (Lipinski definition) is 1. The van der Waals surface area contributed by atoms with E-state index in [0.717, 1.165) is 12.1 Å². The highest BCUT2D eigenvalue weighted by Crippen LogP contribution is 2.29. The lowest BCUT2D eigenvalue weighted by molar-refractivity contribution is -0.137. The zero-order valence-corrected chi connectivity index (χ0v) is 15.0. The van der Waals surface area contributed by atoms with Crippen LogP contribution < -0.4 is 5.32 Å². The van der Waals surface area contributed by atoms with Crippen molar-refractivity contribution >= 4 is 11.9 Å². The standard InChI is InChI=1S/C18H24F3N3O2/c1-23(2)17(26)24-10-7-14(8-11-24)16(25)22-9-6-13-4-3-5-15(12-13)18(19,20)21/h3-5,12,14H,6-11H2,1-2H3,(H,22,25). The monoisotopic (exact) mass is 371 g/mol. The van der Waals surface area contributed by atoms with E-state index >= 15 is 0 Å². The molecule has 0 aromatic heterocycles. The molecule has 1 N–H and O–H groups in total. The third-order valence-electron chi connectivity index (χ3n) is 4.49. The van der Waals surface area contributed by atoms with Gasteiger partial charge < -0.3 is 15.1 Å². The summed E-state index contributed by atoms with van der Waals surface area (Å²) in [6, 6.07) is 5.07. The van der Waals surface area contributed by atoms with Crippen molar-refractivity contribution in [1.82, 2.24) is 15.1 Å². The summed E-state index contributed by atoms with van der Waals surface area (Å²) in [6.07, 6.45) is -2.84. The van der Waals surface area contributed by atoms with Gasteiger partial charge in [-0.3, -0.25) is 4.79 Å². The number of hydrogen-bond acceptors (Lipinski definition) is 2. The molecule has 8 heteroatoms. The Balaban J connectivity index is 1.77. The Morgan fingerprint density at radius 2 is 1.88 bits per heavy atom. The van der Waals surface area contributed by atoms with Crippen LogP contribution in [0.1, 0.15) is 24.0 Å². The van der Waals surface area contributed by atoms with Crippen molar-refractivity contribution in [1.29, 1.82) is 0 Å². The highest BCUT2D eigenvalue weighted by atomic mass is 19.4. The molecule has 0 bridgehead atoms. The summed E-state index contributed by atoms with van der Waals surface area (Å²) < 4.78 is 38.1. The van der Waals surface area contributed by atoms with Crippen molar-refractivity contribution in [2.75, 3.05) is 33.7 Å². The molecule has 0 atom stereocenters. The van der Waals surface area contributed by atoms with Crippen LogP contribution in [0.5, 0.6) is 0 Å². The van der Waals surface area contributed by atoms with Crippen molar-refractivity contribution in [3.63, 3.8) is 0 Å². The quantitative estimate of drug-likeness (QED) is 0.885. The maximum atomic E-state index is 12.7. The lowest BCUT2D eigenvalue weighted by Crippen LogP contribution is -2.46. The van der Waals surface area contributed by atoms with Crippen molar-refractivity contribution < 1.29 is 22.8 Å². The minimum atomic E-state index is -4.36. The average molecular weight is 371 g/mol. The molecule has 0 radical (unpaired) electrons. The number of benzene rings is 1. The lowest BCUT2D eigenvalue weighted by Gasteiger charge is -2.33. The van der Waals surface area contributed by atoms with Gasteiger partial charge in [-0.15, -0.1) is 0 Å². The van der Waals surface area contributed by atoms with Crippen LogP contribution in [0.15, 0.2) is 24.3 Å². The molecule has 1 aromatic carbocycles. The Labute approximate surface area is 151 Å². The number of alkyl halides is 3. The normalized spacial score (nSPS) is 15.7. The van der Waals surface area contributed by atoms with Gasteiger partial charge in [0, 0.05) is 39.6 Å². The van der Waals surface area contributed by atoms with Crippen LogP contribution in [-0.4, -0.2) is 55.5 Å². The lowest BCUT2D eigenvalue weighted by atomic mass is 9.96. The van der Waals surface area contributed by atoms with Crippen molar-refractivity contribution in [2.24, 2.45) is 5.92 Å². The van der Waals surface area contributed by atoms with E-state index in [1.807, 2.05) is 0 Å². The number of carbonyl (C=O) groups excluding carboxylic acids is 2. The molecule has 0 unspecified atom stereocenters. The largest absolute Gasteiger partial charge is 0.416 e. The SMILES string of the molecule is CN(C)C(=O)N1CCC(C(=O)NCCc2cccc(C(F)(F)F)c2)CC1. The second-order valence-electron chi connectivity index (χ2n) is 6.68. The van der Waals surface area contributed by atoms with Crippen LogP contribution in [0.3, 0.4) is 0 Å². The van der Waals surface area contributed by atoms with Crippen LogP contribution in [0.2, 0.25) is 0 Å². The van der Waals surface area contributed by atoms with Gasteiger partial charge in [0.15, 0.2) is 0 Å². The fourth-order valence-electron chi connectivity index (χ4n) is 2.99. The molecule has 0 saturated carbocycles.